The third kappa shape index (κ3) is 4.89. The summed E-state index contributed by atoms with van der Waals surface area (Å²) >= 11 is 0. The number of aliphatic imine (C=N–C) groups is 1. The molecule has 0 bridgehead atoms. The van der Waals surface area contributed by atoms with E-state index in [9.17, 15) is 0 Å². The second kappa shape index (κ2) is 5.89. The first-order valence-electron chi connectivity index (χ1n) is 2.33. The molecule has 8 heavy (non-hydrogen) atoms. The van der Waals surface area contributed by atoms with Gasteiger partial charge < -0.3 is 0 Å². The highest BCUT2D eigenvalue weighted by Gasteiger charge is 1.55. The van der Waals surface area contributed by atoms with Crippen molar-refractivity contribution in [1.82, 2.24) is 0 Å². The van der Waals surface area contributed by atoms with Crippen LogP contribution in [0.5, 0.6) is 0 Å². The van der Waals surface area contributed by atoms with Crippen molar-refractivity contribution < 1.29 is 0 Å². The van der Waals surface area contributed by atoms with E-state index >= 15 is 0 Å². The van der Waals surface area contributed by atoms with Crippen molar-refractivity contribution in [3.8, 4) is 0 Å². The number of nitrogens with zero attached hydrogens (tertiary/aromatic N) is 1. The number of allylic oxidation sites excluding steroid dienone is 3. The summed E-state index contributed by atoms with van der Waals surface area (Å²) in [6, 6.07) is 0. The van der Waals surface area contributed by atoms with Crippen LogP contribution in [-0.2, 0) is 0 Å². The fraction of sp³-hybridized carbons (Fsp3) is 0. The lowest BCUT2D eigenvalue weighted by molar-refractivity contribution is 1.63. The summed E-state index contributed by atoms with van der Waals surface area (Å²) in [5.74, 6) is 0. The van der Waals surface area contributed by atoms with Gasteiger partial charge in [0.05, 0.1) is 0 Å². The lowest BCUT2D eigenvalue weighted by Crippen LogP contribution is -1.57. The first-order valence-corrected chi connectivity index (χ1v) is 2.33. The smallest absolute Gasteiger partial charge is 0.0267 e. The van der Waals surface area contributed by atoms with Crippen LogP contribution >= 0.6 is 0 Å². The first-order chi connectivity index (χ1) is 3.91. The van der Waals surface area contributed by atoms with Crippen LogP contribution in [0.1, 0.15) is 0 Å². The molecule has 0 saturated heterocycles. The zero-order chi connectivity index (χ0) is 6.24. The van der Waals surface area contributed by atoms with Crippen molar-refractivity contribution in [1.29, 1.82) is 0 Å². The lowest BCUT2D eigenvalue weighted by Gasteiger charge is -1.67. The zero-order valence-electron chi connectivity index (χ0n) is 4.75. The van der Waals surface area contributed by atoms with E-state index in [0.717, 1.165) is 0 Å². The van der Waals surface area contributed by atoms with Gasteiger partial charge in [0, 0.05) is 12.4 Å². The van der Waals surface area contributed by atoms with Crippen LogP contribution in [0.4, 0.5) is 0 Å². The Morgan fingerprint density at radius 3 is 2.38 bits per heavy atom. The number of rotatable bonds is 3. The average Bonchev–Trinajstić information content (AvgIpc) is 1.81. The first kappa shape index (κ1) is 6.89. The van der Waals surface area contributed by atoms with E-state index in [1.54, 1.807) is 24.4 Å². The Hall–Kier alpha value is -1.11. The second-order valence-corrected chi connectivity index (χ2v) is 1.10. The Morgan fingerprint density at radius 1 is 1.12 bits per heavy atom. The van der Waals surface area contributed by atoms with Crippen molar-refractivity contribution in [2.45, 2.75) is 0 Å². The van der Waals surface area contributed by atoms with E-state index in [1.807, 2.05) is 0 Å². The molecule has 0 amide bonds. The molecular formula is C7H9N. The maximum atomic E-state index is 3.71. The molecule has 0 spiro atoms. The normalized spacial score (nSPS) is 10.5. The molecule has 42 valence electrons. The van der Waals surface area contributed by atoms with Gasteiger partial charge in [0.2, 0.25) is 0 Å². The van der Waals surface area contributed by atoms with Crippen molar-refractivity contribution >= 4 is 6.21 Å². The van der Waals surface area contributed by atoms with Gasteiger partial charge in [0.1, 0.15) is 0 Å². The summed E-state index contributed by atoms with van der Waals surface area (Å²) in [5.41, 5.74) is 0. The maximum Gasteiger partial charge on any atom is 0.0267 e. The molecule has 0 atom stereocenters. The molecule has 0 aliphatic heterocycles. The SMILES string of the molecule is C=C/C=C/C=NC=C. The third-order valence-corrected chi connectivity index (χ3v) is 0.525. The van der Waals surface area contributed by atoms with Crippen LogP contribution in [0, 0.1) is 0 Å². The Kier molecular flexibility index (Phi) is 5.07. The predicted octanol–water partition coefficient (Wildman–Crippen LogP) is 1.94. The van der Waals surface area contributed by atoms with Gasteiger partial charge in [-0.15, -0.1) is 0 Å². The molecule has 0 rings (SSSR count). The Morgan fingerprint density at radius 2 is 1.88 bits per heavy atom. The lowest BCUT2D eigenvalue weighted by atomic mass is 10.5. The monoisotopic (exact) mass is 107 g/mol. The quantitative estimate of drug-likeness (QED) is 0.386. The van der Waals surface area contributed by atoms with Gasteiger partial charge in [-0.05, 0) is 6.08 Å². The minimum atomic E-state index is 1.48. The van der Waals surface area contributed by atoms with Gasteiger partial charge >= 0.3 is 0 Å². The standard InChI is InChI=1S/C7H9N/c1-3-5-6-7-8-4-2/h3-7H,1-2H2/b6-5+,8-7?. The van der Waals surface area contributed by atoms with Gasteiger partial charge in [-0.1, -0.05) is 25.3 Å². The van der Waals surface area contributed by atoms with Crippen LogP contribution in [0.2, 0.25) is 0 Å². The molecule has 1 nitrogen and oxygen atoms in total. The summed E-state index contributed by atoms with van der Waals surface area (Å²) in [6.45, 7) is 6.88. The summed E-state index contributed by atoms with van der Waals surface area (Å²) in [5, 5.41) is 0. The highest BCUT2D eigenvalue weighted by atomic mass is 14.6. The molecule has 1 heteroatoms. The number of hydrogen-bond acceptors (Lipinski definition) is 1. The van der Waals surface area contributed by atoms with Gasteiger partial charge in [-0.2, -0.15) is 0 Å². The molecule has 0 aliphatic carbocycles. The molecule has 0 aliphatic rings. The summed E-state index contributed by atoms with van der Waals surface area (Å²) in [4.78, 5) is 3.71. The molecule has 0 fully saturated rings. The largest absolute Gasteiger partial charge is 0.265 e. The Bertz CT molecular complexity index is 104. The van der Waals surface area contributed by atoms with Crippen LogP contribution in [0.15, 0.2) is 42.6 Å². The third-order valence-electron chi connectivity index (χ3n) is 0.525. The topological polar surface area (TPSA) is 12.4 Å². The Labute approximate surface area is 49.8 Å². The highest BCUT2D eigenvalue weighted by molar-refractivity contribution is 5.71. The number of hydrogen-bond donors (Lipinski definition) is 0. The summed E-state index contributed by atoms with van der Waals surface area (Å²) < 4.78 is 0. The van der Waals surface area contributed by atoms with E-state index in [2.05, 4.69) is 18.2 Å². The molecule has 0 unspecified atom stereocenters. The van der Waals surface area contributed by atoms with Gasteiger partial charge in [-0.25, -0.2) is 0 Å². The van der Waals surface area contributed by atoms with E-state index < -0.39 is 0 Å². The molecule has 0 aromatic carbocycles. The molecular weight excluding hydrogens is 98.1 g/mol. The van der Waals surface area contributed by atoms with Crippen molar-refractivity contribution in [2.75, 3.05) is 0 Å². The predicted molar refractivity (Wildman–Crippen MR) is 38.0 cm³/mol. The Balaban J connectivity index is 3.41. The van der Waals surface area contributed by atoms with Gasteiger partial charge in [0.15, 0.2) is 0 Å². The molecule has 0 saturated carbocycles. The summed E-state index contributed by atoms with van der Waals surface area (Å²) in [6.07, 6.45) is 8.40. The van der Waals surface area contributed by atoms with Gasteiger partial charge in [0.25, 0.3) is 0 Å². The van der Waals surface area contributed by atoms with Crippen LogP contribution in [0.25, 0.3) is 0 Å². The van der Waals surface area contributed by atoms with Crippen LogP contribution in [-0.4, -0.2) is 6.21 Å². The minimum absolute atomic E-state index is 1.48. The molecule has 0 N–H and O–H groups in total. The molecule has 0 radical (unpaired) electrons. The van der Waals surface area contributed by atoms with Crippen molar-refractivity contribution in [3.05, 3.63) is 37.6 Å². The highest BCUT2D eigenvalue weighted by Crippen LogP contribution is 1.69. The summed E-state index contributed by atoms with van der Waals surface area (Å²) in [7, 11) is 0. The molecule has 0 aromatic heterocycles. The van der Waals surface area contributed by atoms with E-state index in [0.29, 0.717) is 0 Å². The van der Waals surface area contributed by atoms with E-state index in [-0.39, 0.29) is 0 Å². The van der Waals surface area contributed by atoms with Crippen molar-refractivity contribution in [2.24, 2.45) is 4.99 Å². The van der Waals surface area contributed by atoms with Crippen LogP contribution < -0.4 is 0 Å². The minimum Gasteiger partial charge on any atom is -0.265 e. The van der Waals surface area contributed by atoms with Crippen molar-refractivity contribution in [3.63, 3.8) is 0 Å². The van der Waals surface area contributed by atoms with Gasteiger partial charge in [-0.3, -0.25) is 4.99 Å². The second-order valence-electron chi connectivity index (χ2n) is 1.10. The van der Waals surface area contributed by atoms with Crippen LogP contribution in [0.3, 0.4) is 0 Å². The zero-order valence-corrected chi connectivity index (χ0v) is 4.75. The van der Waals surface area contributed by atoms with E-state index in [1.165, 1.54) is 6.20 Å². The fourth-order valence-electron chi connectivity index (χ4n) is 0.239. The molecule has 0 heterocycles. The van der Waals surface area contributed by atoms with E-state index in [4.69, 9.17) is 0 Å². The fourth-order valence-corrected chi connectivity index (χ4v) is 0.239. The average molecular weight is 107 g/mol. The maximum absolute atomic E-state index is 3.71. The molecule has 0 aromatic rings.